The molecule has 126 valence electrons. The number of nitrogens with zero attached hydrogens (tertiary/aromatic N) is 2. The number of aromatic nitrogens is 1. The third kappa shape index (κ3) is 4.02. The smallest absolute Gasteiger partial charge is 0.249 e. The van der Waals surface area contributed by atoms with E-state index >= 15 is 0 Å². The molecule has 1 aromatic heterocycles. The highest BCUT2D eigenvalue weighted by Gasteiger charge is 2.35. The van der Waals surface area contributed by atoms with Crippen molar-refractivity contribution in [3.63, 3.8) is 0 Å². The molecule has 23 heavy (non-hydrogen) atoms. The first-order valence-corrected chi connectivity index (χ1v) is 8.61. The van der Waals surface area contributed by atoms with Crippen molar-refractivity contribution in [3.05, 3.63) is 23.4 Å². The highest BCUT2D eigenvalue weighted by molar-refractivity contribution is 5.81. The third-order valence-electron chi connectivity index (χ3n) is 4.66. The molecule has 2 aliphatic rings. The highest BCUT2D eigenvalue weighted by atomic mass is 16.5. The van der Waals surface area contributed by atoms with Gasteiger partial charge >= 0.3 is 0 Å². The van der Waals surface area contributed by atoms with Crippen LogP contribution in [0, 0.1) is 6.92 Å². The van der Waals surface area contributed by atoms with Gasteiger partial charge in [-0.3, -0.25) is 4.79 Å². The van der Waals surface area contributed by atoms with Crippen molar-refractivity contribution in [3.8, 4) is 0 Å². The fourth-order valence-corrected chi connectivity index (χ4v) is 3.40. The molecule has 1 atom stereocenters. The summed E-state index contributed by atoms with van der Waals surface area (Å²) in [5.74, 6) is 1.03. The molecule has 1 aromatic rings. The lowest BCUT2D eigenvalue weighted by molar-refractivity contribution is -0.135. The van der Waals surface area contributed by atoms with E-state index in [1.807, 2.05) is 26.8 Å². The Kier molecular flexibility index (Phi) is 4.57. The second-order valence-electron chi connectivity index (χ2n) is 7.29. The molecule has 1 N–H and O–H groups in total. The van der Waals surface area contributed by atoms with Crippen molar-refractivity contribution in [2.24, 2.45) is 0 Å². The number of nitrogens with one attached hydrogen (secondary N) is 1. The largest absolute Gasteiger partial charge is 0.363 e. The SMILES string of the molecule is Cc1cc(CNC(=O)C2CCC(C)(C)O2)cc(N2CCCC2)n1. The van der Waals surface area contributed by atoms with Gasteiger partial charge in [0, 0.05) is 25.3 Å². The summed E-state index contributed by atoms with van der Waals surface area (Å²) in [4.78, 5) is 19.2. The van der Waals surface area contributed by atoms with Gasteiger partial charge in [-0.05, 0) is 64.2 Å². The molecule has 0 aromatic carbocycles. The minimum atomic E-state index is -0.314. The fourth-order valence-electron chi connectivity index (χ4n) is 3.40. The third-order valence-corrected chi connectivity index (χ3v) is 4.66. The van der Waals surface area contributed by atoms with Crippen LogP contribution in [0.5, 0.6) is 0 Å². The summed E-state index contributed by atoms with van der Waals surface area (Å²) in [5.41, 5.74) is 1.92. The molecular formula is C18H27N3O2. The molecule has 0 aliphatic carbocycles. The minimum Gasteiger partial charge on any atom is -0.363 e. The molecule has 1 amide bonds. The molecule has 0 radical (unpaired) electrons. The molecule has 2 aliphatic heterocycles. The maximum Gasteiger partial charge on any atom is 0.249 e. The number of ether oxygens (including phenoxy) is 1. The van der Waals surface area contributed by atoms with E-state index < -0.39 is 0 Å². The second kappa shape index (κ2) is 6.48. The van der Waals surface area contributed by atoms with Gasteiger partial charge in [-0.1, -0.05) is 0 Å². The van der Waals surface area contributed by atoms with Crippen molar-refractivity contribution in [1.82, 2.24) is 10.3 Å². The fraction of sp³-hybridized carbons (Fsp3) is 0.667. The normalized spacial score (nSPS) is 23.3. The van der Waals surface area contributed by atoms with Crippen molar-refractivity contribution in [1.29, 1.82) is 0 Å². The quantitative estimate of drug-likeness (QED) is 0.927. The molecule has 0 bridgehead atoms. The maximum absolute atomic E-state index is 12.3. The van der Waals surface area contributed by atoms with Crippen molar-refractivity contribution >= 4 is 11.7 Å². The highest BCUT2D eigenvalue weighted by Crippen LogP contribution is 2.29. The zero-order valence-corrected chi connectivity index (χ0v) is 14.4. The lowest BCUT2D eigenvalue weighted by Crippen LogP contribution is -2.35. The molecule has 0 spiro atoms. The first-order chi connectivity index (χ1) is 10.9. The summed E-state index contributed by atoms with van der Waals surface area (Å²) in [6.07, 6.45) is 3.88. The second-order valence-corrected chi connectivity index (χ2v) is 7.29. The monoisotopic (exact) mass is 317 g/mol. The van der Waals surface area contributed by atoms with E-state index in [1.165, 1.54) is 12.8 Å². The first kappa shape index (κ1) is 16.2. The molecule has 2 fully saturated rings. The van der Waals surface area contributed by atoms with Crippen molar-refractivity contribution < 1.29 is 9.53 Å². The standard InChI is InChI=1S/C18H27N3O2/c1-13-10-14(11-16(20-13)21-8-4-5-9-21)12-19-17(22)15-6-7-18(2,3)23-15/h10-11,15H,4-9,12H2,1-3H3,(H,19,22). The maximum atomic E-state index is 12.3. The summed E-state index contributed by atoms with van der Waals surface area (Å²) in [6.45, 7) is 8.76. The van der Waals surface area contributed by atoms with Crippen LogP contribution in [-0.2, 0) is 16.1 Å². The zero-order valence-electron chi connectivity index (χ0n) is 14.4. The number of anilines is 1. The predicted octanol–water partition coefficient (Wildman–Crippen LogP) is 2.56. The molecule has 0 saturated carbocycles. The Hall–Kier alpha value is -1.62. The van der Waals surface area contributed by atoms with E-state index in [-0.39, 0.29) is 17.6 Å². The van der Waals surface area contributed by atoms with Crippen LogP contribution >= 0.6 is 0 Å². The summed E-state index contributed by atoms with van der Waals surface area (Å²) < 4.78 is 5.80. The molecule has 5 nitrogen and oxygen atoms in total. The Balaban J connectivity index is 1.60. The van der Waals surface area contributed by atoms with Gasteiger partial charge in [-0.15, -0.1) is 0 Å². The van der Waals surface area contributed by atoms with E-state index in [4.69, 9.17) is 4.74 Å². The average molecular weight is 317 g/mol. The molecule has 3 heterocycles. The van der Waals surface area contributed by atoms with Gasteiger partial charge < -0.3 is 15.0 Å². The summed E-state index contributed by atoms with van der Waals surface area (Å²) in [5, 5.41) is 3.01. The van der Waals surface area contributed by atoms with Crippen LogP contribution in [0.2, 0.25) is 0 Å². The van der Waals surface area contributed by atoms with Gasteiger partial charge in [0.05, 0.1) is 5.60 Å². The van der Waals surface area contributed by atoms with Gasteiger partial charge in [0.2, 0.25) is 5.91 Å². The summed E-state index contributed by atoms with van der Waals surface area (Å²) in [6, 6.07) is 4.14. The molecule has 1 unspecified atom stereocenters. The molecular weight excluding hydrogens is 290 g/mol. The number of hydrogen-bond acceptors (Lipinski definition) is 4. The number of hydrogen-bond donors (Lipinski definition) is 1. The van der Waals surface area contributed by atoms with Crippen molar-refractivity contribution in [2.75, 3.05) is 18.0 Å². The number of carbonyl (C=O) groups excluding carboxylic acids is 1. The summed E-state index contributed by atoms with van der Waals surface area (Å²) in [7, 11) is 0. The van der Waals surface area contributed by atoms with E-state index in [0.717, 1.165) is 43.0 Å². The summed E-state index contributed by atoms with van der Waals surface area (Å²) >= 11 is 0. The number of rotatable bonds is 4. The van der Waals surface area contributed by atoms with Crippen LogP contribution in [-0.4, -0.2) is 35.7 Å². The van der Waals surface area contributed by atoms with Gasteiger partial charge in [-0.2, -0.15) is 0 Å². The van der Waals surface area contributed by atoms with Crippen LogP contribution in [0.15, 0.2) is 12.1 Å². The van der Waals surface area contributed by atoms with Gasteiger partial charge in [-0.25, -0.2) is 4.98 Å². The average Bonchev–Trinajstić information content (AvgIpc) is 3.13. The predicted molar refractivity (Wildman–Crippen MR) is 90.5 cm³/mol. The van der Waals surface area contributed by atoms with E-state index in [9.17, 15) is 4.79 Å². The van der Waals surface area contributed by atoms with Crippen LogP contribution < -0.4 is 10.2 Å². The molecule has 2 saturated heterocycles. The zero-order chi connectivity index (χ0) is 16.4. The Bertz CT molecular complexity index is 580. The van der Waals surface area contributed by atoms with Gasteiger partial charge in [0.15, 0.2) is 0 Å². The Labute approximate surface area is 138 Å². The molecule has 3 rings (SSSR count). The Morgan fingerprint density at radius 3 is 2.78 bits per heavy atom. The number of amides is 1. The lowest BCUT2D eigenvalue weighted by Gasteiger charge is -2.20. The number of carbonyl (C=O) groups is 1. The van der Waals surface area contributed by atoms with Gasteiger partial charge in [0.25, 0.3) is 0 Å². The Morgan fingerprint density at radius 1 is 1.39 bits per heavy atom. The van der Waals surface area contributed by atoms with Gasteiger partial charge in [0.1, 0.15) is 11.9 Å². The Morgan fingerprint density at radius 2 is 2.13 bits per heavy atom. The topological polar surface area (TPSA) is 54.5 Å². The van der Waals surface area contributed by atoms with Crippen molar-refractivity contribution in [2.45, 2.75) is 64.7 Å². The number of pyridine rings is 1. The van der Waals surface area contributed by atoms with E-state index in [0.29, 0.717) is 6.54 Å². The van der Waals surface area contributed by atoms with Crippen LogP contribution in [0.3, 0.4) is 0 Å². The molecule has 5 heteroatoms. The lowest BCUT2D eigenvalue weighted by atomic mass is 10.1. The van der Waals surface area contributed by atoms with Crippen LogP contribution in [0.1, 0.15) is 50.8 Å². The van der Waals surface area contributed by atoms with Crippen LogP contribution in [0.4, 0.5) is 5.82 Å². The number of aryl methyl sites for hydroxylation is 1. The van der Waals surface area contributed by atoms with E-state index in [1.54, 1.807) is 0 Å². The minimum absolute atomic E-state index is 0.00670. The first-order valence-electron chi connectivity index (χ1n) is 8.61. The van der Waals surface area contributed by atoms with E-state index in [2.05, 4.69) is 21.3 Å². The van der Waals surface area contributed by atoms with Crippen LogP contribution in [0.25, 0.3) is 0 Å².